The molecule has 24 heteroatoms. The topological polar surface area (TPSA) is 246 Å². The van der Waals surface area contributed by atoms with Gasteiger partial charge in [-0.05, 0) is 187 Å². The van der Waals surface area contributed by atoms with E-state index in [1.54, 1.807) is 72.3 Å². The SMILES string of the molecule is C#Cc1ccc(NC(=O)c2ccn3c(C)nc(C)nc23)cc1.CCCCCOC1CCC(NC(=O)c2ccn3c(C)nc(C)nc23)CC1.Cc1nc(C)n2ccc(C(=O)NC(C)(C)C3CC3)c2n1.Cc1nc(C)n2ccc(C(=O)NC(C3CC3)C(F)(F)F)c2n1. The normalized spacial score (nSPS) is 16.0. The Balaban J connectivity index is 0.000000143. The molecule has 1 aromatic carbocycles. The monoisotopic (exact) mass is 1230 g/mol. The van der Waals surface area contributed by atoms with E-state index in [1.807, 2.05) is 67.9 Å². The maximum Gasteiger partial charge on any atom is 0.408 e. The predicted octanol–water partition coefficient (Wildman–Crippen LogP) is 10.9. The minimum atomic E-state index is -4.44. The van der Waals surface area contributed by atoms with E-state index in [0.717, 1.165) is 61.7 Å². The summed E-state index contributed by atoms with van der Waals surface area (Å²) in [7, 11) is 0. The Morgan fingerprint density at radius 2 is 0.989 bits per heavy atom. The summed E-state index contributed by atoms with van der Waals surface area (Å²) < 4.78 is 52.1. The molecule has 0 radical (unpaired) electrons. The number of terminal acetylenes is 1. The Labute approximate surface area is 520 Å². The summed E-state index contributed by atoms with van der Waals surface area (Å²) in [6.45, 7) is 21.9. The van der Waals surface area contributed by atoms with Crippen LogP contribution in [-0.2, 0) is 4.74 Å². The number of hydrogen-bond donors (Lipinski definition) is 4. The van der Waals surface area contributed by atoms with Crippen molar-refractivity contribution in [2.75, 3.05) is 11.9 Å². The third-order valence-electron chi connectivity index (χ3n) is 16.4. The number of benzene rings is 1. The fraction of sp³-hybridized carbons (Fsp3) is 0.455. The van der Waals surface area contributed by atoms with Crippen LogP contribution in [-0.4, -0.2) is 118 Å². The number of fused-ring (bicyclic) bond motifs is 4. The van der Waals surface area contributed by atoms with Gasteiger partial charge >= 0.3 is 6.18 Å². The standard InChI is InChI=1S/C20H30N4O2.C17H14N4O.C15H20N4O.C14H15F3N4O/c1-4-5-6-13-26-17-9-7-16(8-10-17)23-20(25)18-11-12-24-15(3)21-14(2)22-19(18)24;1-4-13-5-7-14(8-6-13)20-17(22)15-9-10-21-12(3)18-11(2)19-16(15)21;1-9-16-10(2)19-8-7-12(13(19)17-9)14(20)18-15(3,4)11-5-6-11;1-7-18-8(2)21-6-5-10(12(21)19-7)13(22)20-11(9-3-4-9)14(15,16)17/h11-12,16-17H,4-10,13H2,1-3H3,(H,23,25);1,5-10H,2-3H3,(H,20,22);7-8,11H,5-6H2,1-4H3,(H,18,20);5-6,9,11H,3-4H2,1-2H3,(H,20,22). The number of hydrogen-bond acceptors (Lipinski definition) is 13. The Hall–Kier alpha value is -9.11. The summed E-state index contributed by atoms with van der Waals surface area (Å²) in [5.74, 6) is 7.11. The van der Waals surface area contributed by atoms with E-state index in [1.165, 1.54) is 31.7 Å². The van der Waals surface area contributed by atoms with Crippen molar-refractivity contribution in [2.45, 2.75) is 177 Å². The average Bonchev–Trinajstić information content (AvgIpc) is 1.98. The van der Waals surface area contributed by atoms with Crippen molar-refractivity contribution in [3.8, 4) is 12.3 Å². The number of carbonyl (C=O) groups is 4. The molecule has 9 aromatic rings. The summed E-state index contributed by atoms with van der Waals surface area (Å²) in [6.07, 6.45) is 19.3. The maximum absolute atomic E-state index is 13.0. The molecule has 0 saturated heterocycles. The van der Waals surface area contributed by atoms with E-state index in [0.29, 0.717) is 99.0 Å². The van der Waals surface area contributed by atoms with Gasteiger partial charge in [-0.25, -0.2) is 39.9 Å². The molecule has 1 unspecified atom stereocenters. The number of aryl methyl sites for hydroxylation is 8. The molecule has 8 aromatic heterocycles. The zero-order valence-electron chi connectivity index (χ0n) is 52.9. The molecule has 3 aliphatic carbocycles. The van der Waals surface area contributed by atoms with Crippen LogP contribution >= 0.6 is 0 Å². The average molecular weight is 1230 g/mol. The fourth-order valence-electron chi connectivity index (χ4n) is 11.2. The molecular formula is C66H79F3N16O5. The highest BCUT2D eigenvalue weighted by Crippen LogP contribution is 2.41. The Morgan fingerprint density at radius 1 is 0.567 bits per heavy atom. The van der Waals surface area contributed by atoms with Gasteiger partial charge in [-0.3, -0.25) is 36.8 Å². The van der Waals surface area contributed by atoms with Crippen LogP contribution in [0.3, 0.4) is 0 Å². The molecule has 90 heavy (non-hydrogen) atoms. The lowest BCUT2D eigenvalue weighted by Crippen LogP contribution is -2.46. The molecule has 4 N–H and O–H groups in total. The number of rotatable bonds is 15. The molecule has 1 atom stereocenters. The third-order valence-corrected chi connectivity index (χ3v) is 16.4. The molecule has 3 aliphatic rings. The third kappa shape index (κ3) is 15.8. The van der Waals surface area contributed by atoms with E-state index in [-0.39, 0.29) is 34.9 Å². The number of nitrogens with zero attached hydrogens (tertiary/aromatic N) is 12. The predicted molar refractivity (Wildman–Crippen MR) is 335 cm³/mol. The van der Waals surface area contributed by atoms with Gasteiger partial charge < -0.3 is 26.0 Å². The van der Waals surface area contributed by atoms with Crippen LogP contribution in [0.4, 0.5) is 18.9 Å². The number of aromatic nitrogens is 12. The molecule has 8 heterocycles. The highest BCUT2D eigenvalue weighted by atomic mass is 19.4. The van der Waals surface area contributed by atoms with Crippen molar-refractivity contribution in [3.05, 3.63) is 148 Å². The Kier molecular flexibility index (Phi) is 20.1. The molecule has 12 rings (SSSR count). The second-order valence-corrected chi connectivity index (χ2v) is 23.9. The van der Waals surface area contributed by atoms with Crippen LogP contribution in [0.1, 0.15) is 185 Å². The number of amides is 4. The van der Waals surface area contributed by atoms with E-state index < -0.39 is 24.0 Å². The Bertz CT molecular complexity index is 4120. The van der Waals surface area contributed by atoms with E-state index in [9.17, 15) is 32.3 Å². The molecular weight excluding hydrogens is 1150 g/mol. The van der Waals surface area contributed by atoms with Crippen LogP contribution < -0.4 is 21.3 Å². The second kappa shape index (κ2) is 27.7. The van der Waals surface area contributed by atoms with E-state index >= 15 is 0 Å². The summed E-state index contributed by atoms with van der Waals surface area (Å²) >= 11 is 0. The fourth-order valence-corrected chi connectivity index (χ4v) is 11.2. The van der Waals surface area contributed by atoms with Crippen molar-refractivity contribution in [2.24, 2.45) is 11.8 Å². The molecule has 3 saturated carbocycles. The van der Waals surface area contributed by atoms with Gasteiger partial charge in [0.25, 0.3) is 23.6 Å². The molecule has 0 aliphatic heterocycles. The van der Waals surface area contributed by atoms with Gasteiger partial charge in [0.05, 0.1) is 28.4 Å². The van der Waals surface area contributed by atoms with Crippen LogP contribution in [0.2, 0.25) is 0 Å². The molecule has 0 spiro atoms. The van der Waals surface area contributed by atoms with Crippen molar-refractivity contribution < 1.29 is 37.1 Å². The summed E-state index contributed by atoms with van der Waals surface area (Å²) in [6, 6.07) is 12.4. The first-order valence-electron chi connectivity index (χ1n) is 30.6. The van der Waals surface area contributed by atoms with Crippen molar-refractivity contribution in [1.29, 1.82) is 0 Å². The number of nitrogens with one attached hydrogen (secondary N) is 4. The number of halogens is 3. The number of ether oxygens (including phenoxy) is 1. The lowest BCUT2D eigenvalue weighted by molar-refractivity contribution is -0.158. The smallest absolute Gasteiger partial charge is 0.378 e. The van der Waals surface area contributed by atoms with Gasteiger partial charge in [0.15, 0.2) is 22.6 Å². The lowest BCUT2D eigenvalue weighted by Gasteiger charge is -2.29. The van der Waals surface area contributed by atoms with Gasteiger partial charge in [0.1, 0.15) is 52.6 Å². The minimum absolute atomic E-state index is 0.0442. The largest absolute Gasteiger partial charge is 0.408 e. The quantitative estimate of drug-likeness (QED) is 0.0552. The first kappa shape index (κ1) is 65.3. The zero-order chi connectivity index (χ0) is 64.8. The van der Waals surface area contributed by atoms with Gasteiger partial charge in [0.2, 0.25) is 0 Å². The lowest BCUT2D eigenvalue weighted by atomic mass is 9.92. The summed E-state index contributed by atoms with van der Waals surface area (Å²) in [4.78, 5) is 84.3. The van der Waals surface area contributed by atoms with Gasteiger partial charge in [-0.1, -0.05) is 25.7 Å². The van der Waals surface area contributed by atoms with Crippen molar-refractivity contribution >= 4 is 51.9 Å². The first-order valence-corrected chi connectivity index (χ1v) is 30.6. The first-order chi connectivity index (χ1) is 42.8. The van der Waals surface area contributed by atoms with Crippen molar-refractivity contribution in [3.63, 3.8) is 0 Å². The maximum atomic E-state index is 13.0. The van der Waals surface area contributed by atoms with Crippen LogP contribution in [0.15, 0.2) is 73.3 Å². The molecule has 3 fully saturated rings. The summed E-state index contributed by atoms with van der Waals surface area (Å²) in [5, 5.41) is 11.3. The molecule has 4 amide bonds. The van der Waals surface area contributed by atoms with Gasteiger partial charge in [0, 0.05) is 54.2 Å². The number of unbranched alkanes of at least 4 members (excludes halogenated alkanes) is 2. The number of carbonyl (C=O) groups excluding carboxylic acids is 4. The molecule has 0 bridgehead atoms. The highest BCUT2D eigenvalue weighted by molar-refractivity contribution is 6.08. The van der Waals surface area contributed by atoms with Gasteiger partial charge in [-0.15, -0.1) is 6.42 Å². The number of alkyl halides is 3. The van der Waals surface area contributed by atoms with Crippen LogP contribution in [0, 0.1) is 79.6 Å². The van der Waals surface area contributed by atoms with E-state index in [2.05, 4.69) is 87.8 Å². The summed E-state index contributed by atoms with van der Waals surface area (Å²) in [5.41, 5.74) is 5.46. The van der Waals surface area contributed by atoms with Gasteiger partial charge in [-0.2, -0.15) is 13.2 Å². The Morgan fingerprint density at radius 3 is 1.39 bits per heavy atom. The number of anilines is 1. The molecule has 474 valence electrons. The second-order valence-electron chi connectivity index (χ2n) is 23.9. The van der Waals surface area contributed by atoms with Crippen LogP contribution in [0.25, 0.3) is 22.6 Å². The van der Waals surface area contributed by atoms with E-state index in [4.69, 9.17) is 11.2 Å². The van der Waals surface area contributed by atoms with Crippen LogP contribution in [0.5, 0.6) is 0 Å². The zero-order valence-corrected chi connectivity index (χ0v) is 52.9. The minimum Gasteiger partial charge on any atom is -0.378 e. The molecule has 21 nitrogen and oxygen atoms in total. The highest BCUT2D eigenvalue weighted by Gasteiger charge is 2.50. The van der Waals surface area contributed by atoms with Crippen molar-refractivity contribution in [1.82, 2.24) is 73.4 Å².